The van der Waals surface area contributed by atoms with E-state index in [0.717, 1.165) is 5.92 Å². The van der Waals surface area contributed by atoms with Gasteiger partial charge in [-0.2, -0.15) is 0 Å². The van der Waals surface area contributed by atoms with Crippen LogP contribution in [0.25, 0.3) is 0 Å². The number of nitrogens with one attached hydrogen (secondary N) is 1. The van der Waals surface area contributed by atoms with Crippen molar-refractivity contribution >= 4 is 0 Å². The highest BCUT2D eigenvalue weighted by Crippen LogP contribution is 2.03. The predicted octanol–water partition coefficient (Wildman–Crippen LogP) is 2.03. The molecule has 0 aromatic carbocycles. The molecule has 1 nitrogen and oxygen atoms in total. The molecule has 0 saturated carbocycles. The van der Waals surface area contributed by atoms with E-state index in [1.165, 1.54) is 25.9 Å². The molecular weight excluding hydrogens is 110 g/mol. The lowest BCUT2D eigenvalue weighted by Crippen LogP contribution is -2.06. The molecule has 0 bridgehead atoms. The predicted molar refractivity (Wildman–Crippen MR) is 42.6 cm³/mol. The largest absolute Gasteiger partial charge is 0.316 e. The standard InChI is InChI=1S/C5H11N.C3H8/c1-5-2-3-6-4-5;1-3-2/h5-6H,2-4H2,1H3;3H2,1-2H3. The van der Waals surface area contributed by atoms with Crippen LogP contribution in [0.1, 0.15) is 33.6 Å². The van der Waals surface area contributed by atoms with Crippen LogP contribution in [0.3, 0.4) is 0 Å². The SMILES string of the molecule is CC1CCNC1.CCC. The maximum Gasteiger partial charge on any atom is -0.00227 e. The molecule has 9 heavy (non-hydrogen) atoms. The minimum Gasteiger partial charge on any atom is -0.316 e. The van der Waals surface area contributed by atoms with E-state index in [2.05, 4.69) is 26.1 Å². The van der Waals surface area contributed by atoms with Crippen LogP contribution >= 0.6 is 0 Å². The van der Waals surface area contributed by atoms with Crippen LogP contribution in [0, 0.1) is 5.92 Å². The summed E-state index contributed by atoms with van der Waals surface area (Å²) in [6, 6.07) is 0. The number of rotatable bonds is 0. The highest BCUT2D eigenvalue weighted by Gasteiger charge is 2.06. The zero-order valence-corrected chi connectivity index (χ0v) is 6.91. The fraction of sp³-hybridized carbons (Fsp3) is 1.00. The van der Waals surface area contributed by atoms with Crippen LogP contribution in [0.15, 0.2) is 0 Å². The lowest BCUT2D eigenvalue weighted by atomic mass is 10.2. The van der Waals surface area contributed by atoms with Gasteiger partial charge in [0.2, 0.25) is 0 Å². The molecule has 1 heterocycles. The minimum absolute atomic E-state index is 0.935. The summed E-state index contributed by atoms with van der Waals surface area (Å²) in [5, 5.41) is 3.27. The van der Waals surface area contributed by atoms with Gasteiger partial charge in [-0.05, 0) is 25.4 Å². The van der Waals surface area contributed by atoms with E-state index < -0.39 is 0 Å². The first-order chi connectivity index (χ1) is 4.31. The Hall–Kier alpha value is -0.0400. The van der Waals surface area contributed by atoms with E-state index in [0.29, 0.717) is 0 Å². The molecule has 1 rings (SSSR count). The van der Waals surface area contributed by atoms with Crippen molar-refractivity contribution in [2.24, 2.45) is 5.92 Å². The summed E-state index contributed by atoms with van der Waals surface area (Å²) in [4.78, 5) is 0. The average Bonchev–Trinajstić information content (AvgIpc) is 2.20. The highest BCUT2D eigenvalue weighted by molar-refractivity contribution is 4.65. The van der Waals surface area contributed by atoms with Crippen molar-refractivity contribution in [2.45, 2.75) is 33.6 Å². The Balaban J connectivity index is 0.000000187. The van der Waals surface area contributed by atoms with E-state index >= 15 is 0 Å². The monoisotopic (exact) mass is 129 g/mol. The van der Waals surface area contributed by atoms with Gasteiger partial charge in [-0.1, -0.05) is 27.2 Å². The van der Waals surface area contributed by atoms with Gasteiger partial charge >= 0.3 is 0 Å². The van der Waals surface area contributed by atoms with E-state index in [-0.39, 0.29) is 0 Å². The first kappa shape index (κ1) is 8.96. The molecular formula is C8H19N. The second-order valence-electron chi connectivity index (χ2n) is 2.81. The average molecular weight is 129 g/mol. The zero-order chi connectivity index (χ0) is 7.11. The molecule has 1 aliphatic heterocycles. The molecule has 1 heteroatoms. The smallest absolute Gasteiger partial charge is 0.00227 e. The Morgan fingerprint density at radius 3 is 2.11 bits per heavy atom. The van der Waals surface area contributed by atoms with Crippen LogP contribution < -0.4 is 5.32 Å². The van der Waals surface area contributed by atoms with Gasteiger partial charge in [0, 0.05) is 0 Å². The van der Waals surface area contributed by atoms with Crippen molar-refractivity contribution in [3.63, 3.8) is 0 Å². The van der Waals surface area contributed by atoms with Gasteiger partial charge in [-0.25, -0.2) is 0 Å². The maximum atomic E-state index is 3.27. The van der Waals surface area contributed by atoms with Crippen LogP contribution in [0.2, 0.25) is 0 Å². The van der Waals surface area contributed by atoms with Crippen molar-refractivity contribution in [3.05, 3.63) is 0 Å². The van der Waals surface area contributed by atoms with Crippen molar-refractivity contribution in [1.82, 2.24) is 5.32 Å². The molecule has 0 aromatic rings. The summed E-state index contributed by atoms with van der Waals surface area (Å²) in [5.41, 5.74) is 0. The van der Waals surface area contributed by atoms with Crippen molar-refractivity contribution in [3.8, 4) is 0 Å². The van der Waals surface area contributed by atoms with Gasteiger partial charge in [0.25, 0.3) is 0 Å². The molecule has 56 valence electrons. The molecule has 0 aliphatic carbocycles. The molecule has 1 unspecified atom stereocenters. The summed E-state index contributed by atoms with van der Waals surface area (Å²) in [6.45, 7) is 9.00. The molecule has 0 amide bonds. The van der Waals surface area contributed by atoms with Crippen LogP contribution in [0.4, 0.5) is 0 Å². The Labute approximate surface area is 58.8 Å². The second kappa shape index (κ2) is 6.09. The molecule has 0 aromatic heterocycles. The lowest BCUT2D eigenvalue weighted by molar-refractivity contribution is 0.651. The quantitative estimate of drug-likeness (QED) is 0.527. The normalized spacial score (nSPS) is 25.0. The molecule has 1 atom stereocenters. The molecule has 1 fully saturated rings. The van der Waals surface area contributed by atoms with Gasteiger partial charge < -0.3 is 5.32 Å². The van der Waals surface area contributed by atoms with Gasteiger partial charge in [0.05, 0.1) is 0 Å². The first-order valence-corrected chi connectivity index (χ1v) is 4.02. The molecule has 0 spiro atoms. The first-order valence-electron chi connectivity index (χ1n) is 4.02. The van der Waals surface area contributed by atoms with Crippen molar-refractivity contribution in [1.29, 1.82) is 0 Å². The lowest BCUT2D eigenvalue weighted by Gasteiger charge is -1.90. The zero-order valence-electron chi connectivity index (χ0n) is 6.91. The van der Waals surface area contributed by atoms with Crippen molar-refractivity contribution in [2.75, 3.05) is 13.1 Å². The summed E-state index contributed by atoms with van der Waals surface area (Å²) in [5.74, 6) is 0.935. The van der Waals surface area contributed by atoms with Crippen LogP contribution in [-0.4, -0.2) is 13.1 Å². The highest BCUT2D eigenvalue weighted by atomic mass is 14.9. The third-order valence-corrected chi connectivity index (χ3v) is 1.31. The van der Waals surface area contributed by atoms with Gasteiger partial charge in [0.15, 0.2) is 0 Å². The van der Waals surface area contributed by atoms with Gasteiger partial charge in [0.1, 0.15) is 0 Å². The summed E-state index contributed by atoms with van der Waals surface area (Å²) in [6.07, 6.45) is 2.62. The van der Waals surface area contributed by atoms with E-state index in [1.807, 2.05) is 0 Å². The molecule has 1 aliphatic rings. The number of hydrogen-bond acceptors (Lipinski definition) is 1. The summed E-state index contributed by atoms with van der Waals surface area (Å²) >= 11 is 0. The Morgan fingerprint density at radius 2 is 2.00 bits per heavy atom. The third-order valence-electron chi connectivity index (χ3n) is 1.31. The van der Waals surface area contributed by atoms with Crippen LogP contribution in [0.5, 0.6) is 0 Å². The second-order valence-corrected chi connectivity index (χ2v) is 2.81. The summed E-state index contributed by atoms with van der Waals surface area (Å²) < 4.78 is 0. The fourth-order valence-corrected chi connectivity index (χ4v) is 0.799. The molecule has 1 saturated heterocycles. The molecule has 0 radical (unpaired) electrons. The Bertz CT molecular complexity index is 46.5. The van der Waals surface area contributed by atoms with Crippen molar-refractivity contribution < 1.29 is 0 Å². The number of hydrogen-bond donors (Lipinski definition) is 1. The van der Waals surface area contributed by atoms with E-state index in [4.69, 9.17) is 0 Å². The maximum absolute atomic E-state index is 3.27. The fourth-order valence-electron chi connectivity index (χ4n) is 0.799. The minimum atomic E-state index is 0.935. The third kappa shape index (κ3) is 5.84. The van der Waals surface area contributed by atoms with Gasteiger partial charge in [-0.15, -0.1) is 0 Å². The van der Waals surface area contributed by atoms with E-state index in [1.54, 1.807) is 0 Å². The Morgan fingerprint density at radius 1 is 1.44 bits per heavy atom. The van der Waals surface area contributed by atoms with Gasteiger partial charge in [-0.3, -0.25) is 0 Å². The topological polar surface area (TPSA) is 12.0 Å². The van der Waals surface area contributed by atoms with Crippen LogP contribution in [-0.2, 0) is 0 Å². The Kier molecular flexibility index (Phi) is 6.06. The summed E-state index contributed by atoms with van der Waals surface area (Å²) in [7, 11) is 0. The van der Waals surface area contributed by atoms with E-state index in [9.17, 15) is 0 Å². The molecule has 1 N–H and O–H groups in total.